The molecule has 2 nitrogen and oxygen atoms in total. The van der Waals surface area contributed by atoms with Crippen molar-refractivity contribution in [3.63, 3.8) is 0 Å². The molecule has 2 aromatic rings. The average molecular weight is 355 g/mol. The van der Waals surface area contributed by atoms with Crippen LogP contribution >= 0.6 is 27.5 Å². The second-order valence-electron chi connectivity index (χ2n) is 4.40. The average Bonchev–Trinajstić information content (AvgIpc) is 2.47. The van der Waals surface area contributed by atoms with Crippen LogP contribution in [0.3, 0.4) is 0 Å². The fourth-order valence-corrected chi connectivity index (χ4v) is 2.84. The smallest absolute Gasteiger partial charge is 0.123 e. The Morgan fingerprint density at radius 1 is 1.20 bits per heavy atom. The molecule has 4 heteroatoms. The summed E-state index contributed by atoms with van der Waals surface area (Å²) in [7, 11) is 1.68. The molecule has 1 unspecified atom stereocenters. The molecule has 0 aromatic heterocycles. The summed E-state index contributed by atoms with van der Waals surface area (Å²) in [6.07, 6.45) is 0. The van der Waals surface area contributed by atoms with Crippen molar-refractivity contribution >= 4 is 27.5 Å². The van der Waals surface area contributed by atoms with Crippen LogP contribution in [0.1, 0.15) is 24.1 Å². The molecule has 2 aromatic carbocycles. The summed E-state index contributed by atoms with van der Waals surface area (Å²) in [6.45, 7) is 2.92. The summed E-state index contributed by atoms with van der Waals surface area (Å²) >= 11 is 9.88. The fourth-order valence-electron chi connectivity index (χ4n) is 2.23. The van der Waals surface area contributed by atoms with E-state index in [2.05, 4.69) is 34.2 Å². The molecule has 1 N–H and O–H groups in total. The Bertz CT molecular complexity index is 588. The first-order chi connectivity index (χ1) is 9.67. The Labute approximate surface area is 133 Å². The minimum atomic E-state index is 0.00106. The Balaban J connectivity index is 2.53. The van der Waals surface area contributed by atoms with E-state index in [1.54, 1.807) is 7.11 Å². The number of hydrogen-bond acceptors (Lipinski definition) is 2. The Hall–Kier alpha value is -1.03. The van der Waals surface area contributed by atoms with Crippen LogP contribution in [0.25, 0.3) is 0 Å². The van der Waals surface area contributed by atoms with Crippen LogP contribution in [0.2, 0.25) is 5.02 Å². The van der Waals surface area contributed by atoms with E-state index in [1.807, 2.05) is 36.4 Å². The highest BCUT2D eigenvalue weighted by atomic mass is 79.9. The molecule has 0 aliphatic heterocycles. The predicted molar refractivity (Wildman–Crippen MR) is 87.7 cm³/mol. The number of ether oxygens (including phenoxy) is 1. The molecule has 0 aliphatic rings. The largest absolute Gasteiger partial charge is 0.496 e. The van der Waals surface area contributed by atoms with Crippen LogP contribution in [-0.4, -0.2) is 13.7 Å². The number of nitrogens with one attached hydrogen (secondary N) is 1. The van der Waals surface area contributed by atoms with Gasteiger partial charge in [-0.2, -0.15) is 0 Å². The van der Waals surface area contributed by atoms with E-state index in [0.717, 1.165) is 32.9 Å². The van der Waals surface area contributed by atoms with E-state index < -0.39 is 0 Å². The zero-order valence-corrected chi connectivity index (χ0v) is 13.8. The third-order valence-electron chi connectivity index (χ3n) is 3.13. The van der Waals surface area contributed by atoms with Crippen molar-refractivity contribution < 1.29 is 4.74 Å². The lowest BCUT2D eigenvalue weighted by molar-refractivity contribution is 0.404. The molecule has 0 heterocycles. The number of hydrogen-bond donors (Lipinski definition) is 1. The van der Waals surface area contributed by atoms with Crippen LogP contribution < -0.4 is 10.1 Å². The van der Waals surface area contributed by atoms with Crippen LogP contribution in [0.4, 0.5) is 0 Å². The minimum absolute atomic E-state index is 0.00106. The van der Waals surface area contributed by atoms with Gasteiger partial charge in [0.25, 0.3) is 0 Å². The van der Waals surface area contributed by atoms with E-state index in [4.69, 9.17) is 16.3 Å². The van der Waals surface area contributed by atoms with Crippen molar-refractivity contribution in [3.8, 4) is 5.75 Å². The van der Waals surface area contributed by atoms with Gasteiger partial charge < -0.3 is 10.1 Å². The van der Waals surface area contributed by atoms with Crippen molar-refractivity contribution in [1.82, 2.24) is 5.32 Å². The summed E-state index contributed by atoms with van der Waals surface area (Å²) in [6, 6.07) is 13.9. The Morgan fingerprint density at radius 2 is 1.95 bits per heavy atom. The molecule has 2 rings (SSSR count). The van der Waals surface area contributed by atoms with E-state index in [0.29, 0.717) is 0 Å². The van der Waals surface area contributed by atoms with Gasteiger partial charge in [-0.3, -0.25) is 0 Å². The SMILES string of the molecule is CCNC(c1cc(Br)ccc1Cl)c1ccccc1OC. The molecule has 0 amide bonds. The summed E-state index contributed by atoms with van der Waals surface area (Å²) in [5, 5.41) is 4.21. The molecule has 0 saturated heterocycles. The fraction of sp³-hybridized carbons (Fsp3) is 0.250. The lowest BCUT2D eigenvalue weighted by Crippen LogP contribution is -2.22. The zero-order chi connectivity index (χ0) is 14.5. The van der Waals surface area contributed by atoms with Crippen LogP contribution in [0.15, 0.2) is 46.9 Å². The third kappa shape index (κ3) is 3.35. The first-order valence-electron chi connectivity index (χ1n) is 6.48. The number of methoxy groups -OCH3 is 1. The molecule has 0 aliphatic carbocycles. The number of halogens is 2. The maximum absolute atomic E-state index is 6.37. The topological polar surface area (TPSA) is 21.3 Å². The first kappa shape index (κ1) is 15.4. The molecular weight excluding hydrogens is 338 g/mol. The highest BCUT2D eigenvalue weighted by Gasteiger charge is 2.19. The van der Waals surface area contributed by atoms with Gasteiger partial charge in [0.1, 0.15) is 5.75 Å². The highest BCUT2D eigenvalue weighted by Crippen LogP contribution is 2.34. The standard InChI is InChI=1S/C16H17BrClNO/c1-3-19-16(12-6-4-5-7-15(12)20-2)13-10-11(17)8-9-14(13)18/h4-10,16,19H,3H2,1-2H3. The van der Waals surface area contributed by atoms with Gasteiger partial charge in [0.15, 0.2) is 0 Å². The summed E-state index contributed by atoms with van der Waals surface area (Å²) in [5.41, 5.74) is 2.12. The van der Waals surface area contributed by atoms with E-state index in [-0.39, 0.29) is 6.04 Å². The lowest BCUT2D eigenvalue weighted by atomic mass is 9.97. The van der Waals surface area contributed by atoms with Crippen LogP contribution in [0, 0.1) is 0 Å². The van der Waals surface area contributed by atoms with E-state index in [9.17, 15) is 0 Å². The maximum Gasteiger partial charge on any atom is 0.123 e. The molecule has 0 saturated carbocycles. The van der Waals surface area contributed by atoms with Crippen LogP contribution in [-0.2, 0) is 0 Å². The molecule has 106 valence electrons. The van der Waals surface area contributed by atoms with Crippen molar-refractivity contribution in [2.24, 2.45) is 0 Å². The maximum atomic E-state index is 6.37. The van der Waals surface area contributed by atoms with Crippen molar-refractivity contribution in [2.45, 2.75) is 13.0 Å². The predicted octanol–water partition coefficient (Wildman–Crippen LogP) is 4.81. The number of para-hydroxylation sites is 1. The third-order valence-corrected chi connectivity index (χ3v) is 3.96. The molecule has 0 radical (unpaired) electrons. The summed E-state index contributed by atoms with van der Waals surface area (Å²) < 4.78 is 6.48. The second kappa shape index (κ2) is 7.11. The number of rotatable bonds is 5. The number of benzene rings is 2. The summed E-state index contributed by atoms with van der Waals surface area (Å²) in [5.74, 6) is 0.856. The Morgan fingerprint density at radius 3 is 2.65 bits per heavy atom. The van der Waals surface area contributed by atoms with Crippen molar-refractivity contribution in [3.05, 3.63) is 63.1 Å². The quantitative estimate of drug-likeness (QED) is 0.832. The van der Waals surface area contributed by atoms with Gasteiger partial charge in [-0.15, -0.1) is 0 Å². The van der Waals surface area contributed by atoms with Crippen molar-refractivity contribution in [1.29, 1.82) is 0 Å². The van der Waals surface area contributed by atoms with Gasteiger partial charge in [0.2, 0.25) is 0 Å². The molecule has 0 bridgehead atoms. The Kier molecular flexibility index (Phi) is 5.46. The van der Waals surface area contributed by atoms with E-state index in [1.165, 1.54) is 0 Å². The highest BCUT2D eigenvalue weighted by molar-refractivity contribution is 9.10. The van der Waals surface area contributed by atoms with E-state index >= 15 is 0 Å². The normalized spacial score (nSPS) is 12.2. The lowest BCUT2D eigenvalue weighted by Gasteiger charge is -2.22. The summed E-state index contributed by atoms with van der Waals surface area (Å²) in [4.78, 5) is 0. The van der Waals surface area contributed by atoms with Gasteiger partial charge in [0, 0.05) is 15.1 Å². The molecular formula is C16H17BrClNO. The second-order valence-corrected chi connectivity index (χ2v) is 5.72. The molecule has 0 spiro atoms. The van der Waals surface area contributed by atoms with Gasteiger partial charge in [-0.1, -0.05) is 52.7 Å². The van der Waals surface area contributed by atoms with Gasteiger partial charge >= 0.3 is 0 Å². The van der Waals surface area contributed by atoms with Gasteiger partial charge in [-0.05, 0) is 36.4 Å². The van der Waals surface area contributed by atoms with Gasteiger partial charge in [0.05, 0.1) is 13.2 Å². The molecule has 1 atom stereocenters. The van der Waals surface area contributed by atoms with Crippen molar-refractivity contribution in [2.75, 3.05) is 13.7 Å². The molecule has 0 fully saturated rings. The monoisotopic (exact) mass is 353 g/mol. The zero-order valence-electron chi connectivity index (χ0n) is 11.5. The van der Waals surface area contributed by atoms with Crippen LogP contribution in [0.5, 0.6) is 5.75 Å². The van der Waals surface area contributed by atoms with Gasteiger partial charge in [-0.25, -0.2) is 0 Å². The first-order valence-corrected chi connectivity index (χ1v) is 7.65. The molecule has 20 heavy (non-hydrogen) atoms. The minimum Gasteiger partial charge on any atom is -0.496 e.